The van der Waals surface area contributed by atoms with Crippen molar-refractivity contribution in [1.82, 2.24) is 14.9 Å². The highest BCUT2D eigenvalue weighted by Crippen LogP contribution is 2.29. The maximum atomic E-state index is 12.2. The molecule has 150 valence electrons. The van der Waals surface area contributed by atoms with Crippen molar-refractivity contribution in [2.75, 3.05) is 13.1 Å². The minimum atomic E-state index is -0.493. The zero-order valence-corrected chi connectivity index (χ0v) is 17.0. The third kappa shape index (κ3) is 4.65. The number of benzene rings is 1. The van der Waals surface area contributed by atoms with E-state index in [1.807, 2.05) is 45.0 Å². The van der Waals surface area contributed by atoms with Gasteiger partial charge in [0.25, 0.3) is 0 Å². The van der Waals surface area contributed by atoms with E-state index in [0.29, 0.717) is 25.4 Å². The predicted molar refractivity (Wildman–Crippen MR) is 112 cm³/mol. The molecule has 0 saturated carbocycles. The van der Waals surface area contributed by atoms with E-state index in [1.165, 1.54) is 17.5 Å². The SMILES string of the molecule is CC(C)(C)OC(=O)N1CC=C(c2cc(Oc3ccc4c(c3)C=CC4)ncn2)CC1. The van der Waals surface area contributed by atoms with Gasteiger partial charge in [-0.2, -0.15) is 0 Å². The summed E-state index contributed by atoms with van der Waals surface area (Å²) in [6.07, 6.45) is 9.18. The first kappa shape index (κ1) is 19.2. The number of amides is 1. The molecule has 1 aliphatic carbocycles. The first-order chi connectivity index (χ1) is 13.9. The topological polar surface area (TPSA) is 64.5 Å². The van der Waals surface area contributed by atoms with Crippen molar-refractivity contribution in [1.29, 1.82) is 0 Å². The van der Waals surface area contributed by atoms with E-state index in [1.54, 1.807) is 4.90 Å². The summed E-state index contributed by atoms with van der Waals surface area (Å²) in [5.74, 6) is 1.26. The van der Waals surface area contributed by atoms with Gasteiger partial charge in [-0.1, -0.05) is 24.3 Å². The Morgan fingerprint density at radius 2 is 2.03 bits per heavy atom. The molecule has 0 unspecified atom stereocenters. The largest absolute Gasteiger partial charge is 0.444 e. The molecule has 2 aromatic rings. The molecule has 0 atom stereocenters. The molecule has 0 N–H and O–H groups in total. The lowest BCUT2D eigenvalue weighted by molar-refractivity contribution is 0.0270. The second-order valence-electron chi connectivity index (χ2n) is 8.22. The van der Waals surface area contributed by atoms with Gasteiger partial charge in [0.15, 0.2) is 0 Å². The maximum absolute atomic E-state index is 12.2. The summed E-state index contributed by atoms with van der Waals surface area (Å²) < 4.78 is 11.4. The standard InChI is InChI=1S/C23H25N3O3/c1-23(2,3)29-22(27)26-11-9-17(10-12-26)20-14-21(25-15-24-20)28-19-8-7-16-5-4-6-18(16)13-19/h4,6-9,13-15H,5,10-12H2,1-3H3. The lowest BCUT2D eigenvalue weighted by atomic mass is 10.0. The van der Waals surface area contributed by atoms with Crippen molar-refractivity contribution in [2.24, 2.45) is 0 Å². The average Bonchev–Trinajstić information content (AvgIpc) is 3.15. The van der Waals surface area contributed by atoms with E-state index >= 15 is 0 Å². The van der Waals surface area contributed by atoms with Crippen LogP contribution < -0.4 is 4.74 Å². The Labute approximate surface area is 170 Å². The van der Waals surface area contributed by atoms with Crippen LogP contribution in [0.25, 0.3) is 11.6 Å². The Morgan fingerprint density at radius 3 is 2.79 bits per heavy atom. The molecule has 29 heavy (non-hydrogen) atoms. The van der Waals surface area contributed by atoms with Crippen molar-refractivity contribution in [3.05, 3.63) is 59.6 Å². The van der Waals surface area contributed by atoms with Gasteiger partial charge < -0.3 is 14.4 Å². The molecule has 0 radical (unpaired) electrons. The number of carbonyl (C=O) groups is 1. The number of allylic oxidation sites excluding steroid dienone is 1. The van der Waals surface area contributed by atoms with Gasteiger partial charge in [-0.05, 0) is 62.4 Å². The third-order valence-electron chi connectivity index (χ3n) is 4.81. The number of carbonyl (C=O) groups excluding carboxylic acids is 1. The maximum Gasteiger partial charge on any atom is 0.410 e. The van der Waals surface area contributed by atoms with Crippen LogP contribution in [-0.2, 0) is 11.2 Å². The molecular weight excluding hydrogens is 366 g/mol. The van der Waals surface area contributed by atoms with Gasteiger partial charge in [-0.25, -0.2) is 14.8 Å². The Balaban J connectivity index is 1.44. The minimum Gasteiger partial charge on any atom is -0.444 e. The van der Waals surface area contributed by atoms with Crippen molar-refractivity contribution in [3.63, 3.8) is 0 Å². The number of hydrogen-bond acceptors (Lipinski definition) is 5. The highest BCUT2D eigenvalue weighted by molar-refractivity contribution is 5.72. The highest BCUT2D eigenvalue weighted by Gasteiger charge is 2.24. The molecule has 2 heterocycles. The van der Waals surface area contributed by atoms with Crippen LogP contribution in [0.5, 0.6) is 11.6 Å². The number of fused-ring (bicyclic) bond motifs is 1. The molecule has 2 aliphatic rings. The van der Waals surface area contributed by atoms with E-state index in [0.717, 1.165) is 23.4 Å². The monoisotopic (exact) mass is 391 g/mol. The molecule has 1 aromatic heterocycles. The summed E-state index contributed by atoms with van der Waals surface area (Å²) in [5, 5.41) is 0. The van der Waals surface area contributed by atoms with Crippen LogP contribution in [0.3, 0.4) is 0 Å². The Morgan fingerprint density at radius 1 is 1.17 bits per heavy atom. The first-order valence-corrected chi connectivity index (χ1v) is 9.84. The van der Waals surface area contributed by atoms with E-state index < -0.39 is 5.60 Å². The molecule has 0 bridgehead atoms. The van der Waals surface area contributed by atoms with Gasteiger partial charge in [-0.15, -0.1) is 0 Å². The van der Waals surface area contributed by atoms with Gasteiger partial charge in [-0.3, -0.25) is 0 Å². The third-order valence-corrected chi connectivity index (χ3v) is 4.81. The summed E-state index contributed by atoms with van der Waals surface area (Å²) in [6.45, 7) is 6.71. The van der Waals surface area contributed by atoms with Gasteiger partial charge in [0.05, 0.1) is 5.69 Å². The summed E-state index contributed by atoms with van der Waals surface area (Å²) in [6, 6.07) is 7.92. The fourth-order valence-corrected chi connectivity index (χ4v) is 3.38. The Hall–Kier alpha value is -3.15. The van der Waals surface area contributed by atoms with Crippen LogP contribution in [0.1, 0.15) is 44.0 Å². The van der Waals surface area contributed by atoms with E-state index in [-0.39, 0.29) is 6.09 Å². The lowest BCUT2D eigenvalue weighted by Crippen LogP contribution is -2.39. The lowest BCUT2D eigenvalue weighted by Gasteiger charge is -2.29. The molecule has 0 spiro atoms. The van der Waals surface area contributed by atoms with Crippen LogP contribution in [0, 0.1) is 0 Å². The molecule has 1 aliphatic heterocycles. The summed E-state index contributed by atoms with van der Waals surface area (Å²) in [5.41, 5.74) is 3.90. The number of nitrogens with zero attached hydrogens (tertiary/aromatic N) is 3. The fraction of sp³-hybridized carbons (Fsp3) is 0.348. The Kier molecular flexibility index (Phi) is 5.09. The molecule has 1 aromatic carbocycles. The number of ether oxygens (including phenoxy) is 2. The van der Waals surface area contributed by atoms with Crippen LogP contribution in [-0.4, -0.2) is 39.7 Å². The second-order valence-corrected chi connectivity index (χ2v) is 8.22. The minimum absolute atomic E-state index is 0.287. The van der Waals surface area contributed by atoms with Gasteiger partial charge >= 0.3 is 6.09 Å². The quantitative estimate of drug-likeness (QED) is 0.747. The van der Waals surface area contributed by atoms with Gasteiger partial charge in [0, 0.05) is 19.2 Å². The second kappa shape index (κ2) is 7.70. The van der Waals surface area contributed by atoms with Crippen LogP contribution in [0.2, 0.25) is 0 Å². The highest BCUT2D eigenvalue weighted by atomic mass is 16.6. The average molecular weight is 391 g/mol. The van der Waals surface area contributed by atoms with Crippen molar-refractivity contribution < 1.29 is 14.3 Å². The van der Waals surface area contributed by atoms with E-state index in [2.05, 4.69) is 28.2 Å². The summed E-state index contributed by atoms with van der Waals surface area (Å²) in [7, 11) is 0. The summed E-state index contributed by atoms with van der Waals surface area (Å²) >= 11 is 0. The first-order valence-electron chi connectivity index (χ1n) is 9.84. The molecular formula is C23H25N3O3. The molecule has 6 heteroatoms. The fourth-order valence-electron chi connectivity index (χ4n) is 3.38. The van der Waals surface area contributed by atoms with Crippen molar-refractivity contribution in [3.8, 4) is 11.6 Å². The smallest absolute Gasteiger partial charge is 0.410 e. The van der Waals surface area contributed by atoms with Gasteiger partial charge in [0.1, 0.15) is 17.7 Å². The number of aromatic nitrogens is 2. The van der Waals surface area contributed by atoms with Crippen LogP contribution in [0.4, 0.5) is 4.79 Å². The number of hydrogen-bond donors (Lipinski definition) is 0. The van der Waals surface area contributed by atoms with Crippen LogP contribution in [0.15, 0.2) is 42.7 Å². The molecule has 6 nitrogen and oxygen atoms in total. The Bertz CT molecular complexity index is 989. The van der Waals surface area contributed by atoms with Crippen LogP contribution >= 0.6 is 0 Å². The van der Waals surface area contributed by atoms with Gasteiger partial charge in [0.2, 0.25) is 5.88 Å². The van der Waals surface area contributed by atoms with E-state index in [4.69, 9.17) is 9.47 Å². The predicted octanol–water partition coefficient (Wildman–Crippen LogP) is 4.86. The van der Waals surface area contributed by atoms with E-state index in [9.17, 15) is 4.79 Å². The van der Waals surface area contributed by atoms with Crippen molar-refractivity contribution in [2.45, 2.75) is 39.2 Å². The molecule has 1 amide bonds. The number of rotatable bonds is 3. The zero-order chi connectivity index (χ0) is 20.4. The molecule has 4 rings (SSSR count). The summed E-state index contributed by atoms with van der Waals surface area (Å²) in [4.78, 5) is 22.5. The zero-order valence-electron chi connectivity index (χ0n) is 17.0. The molecule has 0 fully saturated rings. The van der Waals surface area contributed by atoms with Crippen molar-refractivity contribution >= 4 is 17.7 Å². The normalized spacial score (nSPS) is 15.7. The molecule has 0 saturated heterocycles.